The Hall–Kier alpha value is -1.78. The molecule has 0 saturated heterocycles. The number of nitrogens with one attached hydrogen (secondary N) is 1. The average Bonchev–Trinajstić information content (AvgIpc) is 2.71. The Labute approximate surface area is 204 Å². The highest BCUT2D eigenvalue weighted by atomic mass is 79.9. The molecule has 8 nitrogen and oxygen atoms in total. The normalized spacial score (nSPS) is 18.9. The smallest absolute Gasteiger partial charge is 0.320 e. The van der Waals surface area contributed by atoms with Crippen molar-refractivity contribution in [1.82, 2.24) is 15.2 Å². The fraction of sp³-hybridized carbons (Fsp3) is 0.696. The molecule has 0 unspecified atom stereocenters. The van der Waals surface area contributed by atoms with Crippen molar-refractivity contribution >= 4 is 33.7 Å². The van der Waals surface area contributed by atoms with Crippen molar-refractivity contribution in [2.75, 3.05) is 44.7 Å². The molecule has 0 atom stereocenters. The minimum atomic E-state index is -0.854. The number of aromatic nitrogens is 1. The highest BCUT2D eigenvalue weighted by molar-refractivity contribution is 9.10. The lowest BCUT2D eigenvalue weighted by Gasteiger charge is -2.37. The second-order valence-electron chi connectivity index (χ2n) is 9.62. The fourth-order valence-corrected chi connectivity index (χ4v) is 4.37. The van der Waals surface area contributed by atoms with E-state index in [4.69, 9.17) is 4.74 Å². The molecule has 0 radical (unpaired) electrons. The first kappa shape index (κ1) is 27.5. The number of carbonyl (C=O) groups is 2. The summed E-state index contributed by atoms with van der Waals surface area (Å²) >= 11 is 3.13. The number of carbonyl (C=O) groups excluding carboxylic acids is 1. The number of anilines is 1. The molecule has 0 amide bonds. The lowest BCUT2D eigenvalue weighted by atomic mass is 9.85. The lowest BCUT2D eigenvalue weighted by molar-refractivity contribution is -0.153. The van der Waals surface area contributed by atoms with Gasteiger partial charge in [-0.1, -0.05) is 0 Å². The van der Waals surface area contributed by atoms with Crippen LogP contribution in [0.25, 0.3) is 0 Å². The number of halogens is 2. The van der Waals surface area contributed by atoms with Crippen molar-refractivity contribution in [3.63, 3.8) is 0 Å². The maximum Gasteiger partial charge on any atom is 0.320 e. The van der Waals surface area contributed by atoms with Gasteiger partial charge in [0.15, 0.2) is 0 Å². The van der Waals surface area contributed by atoms with Crippen LogP contribution in [0.1, 0.15) is 46.5 Å². The van der Waals surface area contributed by atoms with Crippen molar-refractivity contribution in [3.05, 3.63) is 22.6 Å². The van der Waals surface area contributed by atoms with Crippen molar-refractivity contribution in [3.8, 4) is 0 Å². The number of aliphatic carboxylic acids is 1. The van der Waals surface area contributed by atoms with Crippen LogP contribution in [0.4, 0.5) is 10.2 Å². The molecule has 0 aliphatic heterocycles. The van der Waals surface area contributed by atoms with E-state index >= 15 is 0 Å². The predicted molar refractivity (Wildman–Crippen MR) is 129 cm³/mol. The molecular formula is C23H36BrFN4O4. The molecule has 2 rings (SSSR count). The summed E-state index contributed by atoms with van der Waals surface area (Å²) in [7, 11) is 1.91. The van der Waals surface area contributed by atoms with Crippen LogP contribution < -0.4 is 10.2 Å². The number of nitrogens with zero attached hydrogens (tertiary/aromatic N) is 3. The first-order valence-electron chi connectivity index (χ1n) is 11.4. The van der Waals surface area contributed by atoms with Gasteiger partial charge in [0.25, 0.3) is 0 Å². The van der Waals surface area contributed by atoms with E-state index in [9.17, 15) is 19.1 Å². The molecule has 186 valence electrons. The van der Waals surface area contributed by atoms with Gasteiger partial charge in [0, 0.05) is 32.7 Å². The van der Waals surface area contributed by atoms with E-state index in [1.807, 2.05) is 37.6 Å². The third kappa shape index (κ3) is 9.93. The second kappa shape index (κ2) is 12.6. The summed E-state index contributed by atoms with van der Waals surface area (Å²) < 4.78 is 19.4. The maximum absolute atomic E-state index is 13.7. The largest absolute Gasteiger partial charge is 0.480 e. The standard InChI is InChI=1S/C23H36BrFN4O4/c1-23(2,3)33-21(32)13-26-11-12-29(15-20(30)31)17-7-5-16(6-8-17)14-28(4)19-10-9-18(24)22(25)27-19/h9-10,16-17,26H,5-8,11-15H2,1-4H3,(H,30,31)/t16-,17-. The van der Waals surface area contributed by atoms with Crippen LogP contribution in [-0.4, -0.2) is 78.3 Å². The molecule has 1 aliphatic carbocycles. The molecule has 10 heteroatoms. The maximum atomic E-state index is 13.7. The monoisotopic (exact) mass is 530 g/mol. The van der Waals surface area contributed by atoms with Gasteiger partial charge in [0.1, 0.15) is 11.4 Å². The summed E-state index contributed by atoms with van der Waals surface area (Å²) in [6.45, 7) is 7.37. The highest BCUT2D eigenvalue weighted by Gasteiger charge is 2.28. The molecule has 2 N–H and O–H groups in total. The van der Waals surface area contributed by atoms with Crippen LogP contribution in [0.3, 0.4) is 0 Å². The number of ether oxygens (including phenoxy) is 1. The van der Waals surface area contributed by atoms with Gasteiger partial charge in [-0.15, -0.1) is 0 Å². The van der Waals surface area contributed by atoms with E-state index < -0.39 is 17.5 Å². The molecule has 0 aromatic carbocycles. The van der Waals surface area contributed by atoms with Gasteiger partial charge in [-0.05, 0) is 80.4 Å². The summed E-state index contributed by atoms with van der Waals surface area (Å²) in [6, 6.07) is 3.64. The Morgan fingerprint density at radius 3 is 2.52 bits per heavy atom. The van der Waals surface area contributed by atoms with Crippen molar-refractivity contribution in [2.45, 2.75) is 58.1 Å². The third-order valence-corrected chi connectivity index (χ3v) is 6.24. The molecular weight excluding hydrogens is 495 g/mol. The zero-order valence-electron chi connectivity index (χ0n) is 19.9. The van der Waals surface area contributed by atoms with E-state index in [1.165, 1.54) is 0 Å². The number of hydrogen-bond acceptors (Lipinski definition) is 7. The van der Waals surface area contributed by atoms with E-state index in [1.54, 1.807) is 12.1 Å². The molecule has 1 fully saturated rings. The Morgan fingerprint density at radius 1 is 1.27 bits per heavy atom. The fourth-order valence-electron chi connectivity index (χ4n) is 4.15. The molecule has 1 saturated carbocycles. The number of pyridine rings is 1. The van der Waals surface area contributed by atoms with Crippen LogP contribution >= 0.6 is 15.9 Å². The van der Waals surface area contributed by atoms with Crippen molar-refractivity contribution in [2.24, 2.45) is 5.92 Å². The van der Waals surface area contributed by atoms with E-state index in [0.717, 1.165) is 32.2 Å². The van der Waals surface area contributed by atoms with Crippen LogP contribution in [0.5, 0.6) is 0 Å². The lowest BCUT2D eigenvalue weighted by Crippen LogP contribution is -2.45. The summed E-state index contributed by atoms with van der Waals surface area (Å²) in [6.07, 6.45) is 3.74. The highest BCUT2D eigenvalue weighted by Crippen LogP contribution is 2.29. The van der Waals surface area contributed by atoms with Gasteiger partial charge in [0.2, 0.25) is 5.95 Å². The van der Waals surface area contributed by atoms with E-state index in [-0.39, 0.29) is 25.1 Å². The zero-order chi connectivity index (χ0) is 24.6. The van der Waals surface area contributed by atoms with Crippen molar-refractivity contribution < 1.29 is 23.8 Å². The zero-order valence-corrected chi connectivity index (χ0v) is 21.5. The average molecular weight is 531 g/mol. The molecule has 1 aromatic rings. The van der Waals surface area contributed by atoms with Gasteiger partial charge in [-0.25, -0.2) is 4.98 Å². The molecule has 1 aliphatic rings. The van der Waals surface area contributed by atoms with Crippen LogP contribution in [-0.2, 0) is 14.3 Å². The predicted octanol–water partition coefficient (Wildman–Crippen LogP) is 3.30. The van der Waals surface area contributed by atoms with Crippen LogP contribution in [0.2, 0.25) is 0 Å². The Kier molecular flexibility index (Phi) is 10.5. The molecule has 33 heavy (non-hydrogen) atoms. The second-order valence-corrected chi connectivity index (χ2v) is 10.5. The molecule has 1 heterocycles. The minimum absolute atomic E-state index is 0.0224. The quantitative estimate of drug-likeness (QED) is 0.255. The van der Waals surface area contributed by atoms with Crippen LogP contribution in [0, 0.1) is 11.9 Å². The van der Waals surface area contributed by atoms with Gasteiger partial charge in [0.05, 0.1) is 17.6 Å². The third-order valence-electron chi connectivity index (χ3n) is 5.65. The van der Waals surface area contributed by atoms with Crippen LogP contribution in [0.15, 0.2) is 16.6 Å². The first-order valence-corrected chi connectivity index (χ1v) is 12.2. The first-order chi connectivity index (χ1) is 15.4. The minimum Gasteiger partial charge on any atom is -0.480 e. The van der Waals surface area contributed by atoms with Gasteiger partial charge in [-0.2, -0.15) is 4.39 Å². The van der Waals surface area contributed by atoms with Gasteiger partial charge in [-0.3, -0.25) is 14.5 Å². The summed E-state index contributed by atoms with van der Waals surface area (Å²) in [5.41, 5.74) is -0.525. The number of carboxylic acids is 1. The number of carboxylic acid groups (broad SMARTS) is 1. The number of hydrogen-bond donors (Lipinski definition) is 2. The van der Waals surface area contributed by atoms with E-state index in [2.05, 4.69) is 26.2 Å². The topological polar surface area (TPSA) is 95.0 Å². The summed E-state index contributed by atoms with van der Waals surface area (Å²) in [5.74, 6) is -0.657. The van der Waals surface area contributed by atoms with E-state index in [0.29, 0.717) is 29.3 Å². The number of rotatable bonds is 11. The Morgan fingerprint density at radius 2 is 1.94 bits per heavy atom. The summed E-state index contributed by atoms with van der Waals surface area (Å²) in [5, 5.41) is 12.4. The number of esters is 1. The SMILES string of the molecule is CN(C[C@H]1CC[C@H](N(CCNCC(=O)OC(C)(C)C)CC(=O)O)CC1)c1ccc(Br)c(F)n1. The molecule has 0 bridgehead atoms. The molecule has 1 aromatic heterocycles. The Bertz CT molecular complexity index is 797. The van der Waals surface area contributed by atoms with Gasteiger partial charge >= 0.3 is 11.9 Å². The van der Waals surface area contributed by atoms with Gasteiger partial charge < -0.3 is 20.1 Å². The Balaban J connectivity index is 1.79. The summed E-state index contributed by atoms with van der Waals surface area (Å²) in [4.78, 5) is 31.1. The molecule has 0 spiro atoms. The van der Waals surface area contributed by atoms with Crippen molar-refractivity contribution in [1.29, 1.82) is 0 Å².